The number of hydrogen-bond acceptors (Lipinski definition) is 3. The highest BCUT2D eigenvalue weighted by Crippen LogP contribution is 2.56. The Morgan fingerprint density at radius 3 is 2.68 bits per heavy atom. The summed E-state index contributed by atoms with van der Waals surface area (Å²) in [6.45, 7) is 3.46. The summed E-state index contributed by atoms with van der Waals surface area (Å²) in [4.78, 5) is 0. The van der Waals surface area contributed by atoms with Crippen molar-refractivity contribution in [1.29, 1.82) is 0 Å². The Hall–Kier alpha value is -1.22. The summed E-state index contributed by atoms with van der Waals surface area (Å²) in [5.41, 5.74) is 1.53. The molecule has 19 heavy (non-hydrogen) atoms. The van der Waals surface area contributed by atoms with Gasteiger partial charge in [0.2, 0.25) is 0 Å². The maximum atomic E-state index is 5.52. The molecule has 3 nitrogen and oxygen atoms in total. The van der Waals surface area contributed by atoms with Gasteiger partial charge in [-0.15, -0.1) is 0 Å². The summed E-state index contributed by atoms with van der Waals surface area (Å²) < 4.78 is 10.9. The van der Waals surface area contributed by atoms with Gasteiger partial charge < -0.3 is 14.8 Å². The topological polar surface area (TPSA) is 30.5 Å². The predicted octanol–water partition coefficient (Wildman–Crippen LogP) is 2.73. The summed E-state index contributed by atoms with van der Waals surface area (Å²) in [6, 6.07) is 6.90. The van der Waals surface area contributed by atoms with Crippen molar-refractivity contribution in [2.45, 2.75) is 37.6 Å². The fourth-order valence-electron chi connectivity index (χ4n) is 2.94. The fraction of sp³-hybridized carbons (Fsp3) is 0.625. The maximum absolute atomic E-state index is 5.52. The van der Waals surface area contributed by atoms with Crippen LogP contribution >= 0.6 is 0 Å². The van der Waals surface area contributed by atoms with E-state index in [0.29, 0.717) is 5.92 Å². The number of methoxy groups -OCH3 is 2. The standard InChI is InChI=1S/C16H23NO2/c1-16(9-11(16)10-17-12-4-5-12)14-8-13(18-2)6-7-15(14)19-3/h6-8,11-12,17H,4-5,9-10H2,1-3H3. The Bertz CT molecular complexity index is 470. The molecule has 2 atom stereocenters. The minimum Gasteiger partial charge on any atom is -0.497 e. The molecule has 0 spiro atoms. The van der Waals surface area contributed by atoms with Crippen LogP contribution in [0.15, 0.2) is 18.2 Å². The molecule has 0 aromatic heterocycles. The Morgan fingerprint density at radius 1 is 1.26 bits per heavy atom. The van der Waals surface area contributed by atoms with Crippen LogP contribution in [0.2, 0.25) is 0 Å². The highest BCUT2D eigenvalue weighted by atomic mass is 16.5. The average molecular weight is 261 g/mol. The molecule has 2 aliphatic rings. The first kappa shape index (κ1) is 12.8. The fourth-order valence-corrected chi connectivity index (χ4v) is 2.94. The van der Waals surface area contributed by atoms with Crippen LogP contribution in [0.3, 0.4) is 0 Å². The van der Waals surface area contributed by atoms with E-state index >= 15 is 0 Å². The molecule has 0 radical (unpaired) electrons. The Kier molecular flexibility index (Phi) is 3.17. The van der Waals surface area contributed by atoms with Crippen LogP contribution in [0.4, 0.5) is 0 Å². The minimum atomic E-state index is 0.238. The first-order chi connectivity index (χ1) is 9.17. The molecule has 0 saturated heterocycles. The number of rotatable bonds is 6. The van der Waals surface area contributed by atoms with E-state index in [0.717, 1.165) is 24.1 Å². The SMILES string of the molecule is COc1ccc(OC)c(C2(C)CC2CNC2CC2)c1. The Morgan fingerprint density at radius 2 is 2.05 bits per heavy atom. The van der Waals surface area contributed by atoms with E-state index in [9.17, 15) is 0 Å². The van der Waals surface area contributed by atoms with Gasteiger partial charge >= 0.3 is 0 Å². The molecule has 1 aromatic carbocycles. The van der Waals surface area contributed by atoms with Gasteiger partial charge in [-0.3, -0.25) is 0 Å². The van der Waals surface area contributed by atoms with Gasteiger partial charge in [0, 0.05) is 17.0 Å². The van der Waals surface area contributed by atoms with E-state index in [4.69, 9.17) is 9.47 Å². The molecule has 3 heteroatoms. The average Bonchev–Trinajstić information content (AvgIpc) is 3.33. The van der Waals surface area contributed by atoms with E-state index in [-0.39, 0.29) is 5.41 Å². The second-order valence-corrected chi connectivity index (χ2v) is 6.07. The van der Waals surface area contributed by atoms with Crippen molar-refractivity contribution < 1.29 is 9.47 Å². The van der Waals surface area contributed by atoms with E-state index < -0.39 is 0 Å². The number of benzene rings is 1. The Balaban J connectivity index is 1.76. The smallest absolute Gasteiger partial charge is 0.122 e. The molecule has 0 aliphatic heterocycles. The molecule has 2 saturated carbocycles. The molecule has 0 heterocycles. The van der Waals surface area contributed by atoms with Gasteiger partial charge in [0.25, 0.3) is 0 Å². The van der Waals surface area contributed by atoms with Crippen molar-refractivity contribution in [2.75, 3.05) is 20.8 Å². The van der Waals surface area contributed by atoms with Crippen LogP contribution in [0.25, 0.3) is 0 Å². The number of ether oxygens (including phenoxy) is 2. The summed E-state index contributed by atoms with van der Waals surface area (Å²) in [5.74, 6) is 2.61. The minimum absolute atomic E-state index is 0.238. The zero-order valence-corrected chi connectivity index (χ0v) is 12.0. The first-order valence-corrected chi connectivity index (χ1v) is 7.13. The molecule has 0 bridgehead atoms. The number of hydrogen-bond donors (Lipinski definition) is 1. The molecular formula is C16H23NO2. The van der Waals surface area contributed by atoms with Gasteiger partial charge in [-0.2, -0.15) is 0 Å². The molecular weight excluding hydrogens is 238 g/mol. The molecule has 2 aliphatic carbocycles. The van der Waals surface area contributed by atoms with E-state index in [1.54, 1.807) is 14.2 Å². The van der Waals surface area contributed by atoms with Crippen LogP contribution in [-0.2, 0) is 5.41 Å². The lowest BCUT2D eigenvalue weighted by Crippen LogP contribution is -2.22. The summed E-state index contributed by atoms with van der Waals surface area (Å²) in [6.07, 6.45) is 3.94. The first-order valence-electron chi connectivity index (χ1n) is 7.13. The molecule has 0 amide bonds. The maximum Gasteiger partial charge on any atom is 0.122 e. The second kappa shape index (κ2) is 4.71. The second-order valence-electron chi connectivity index (χ2n) is 6.07. The van der Waals surface area contributed by atoms with Crippen molar-refractivity contribution in [3.05, 3.63) is 23.8 Å². The van der Waals surface area contributed by atoms with Crippen molar-refractivity contribution in [3.8, 4) is 11.5 Å². The van der Waals surface area contributed by atoms with Crippen LogP contribution in [0.1, 0.15) is 31.7 Å². The van der Waals surface area contributed by atoms with Gasteiger partial charge in [-0.1, -0.05) is 6.92 Å². The van der Waals surface area contributed by atoms with Crippen molar-refractivity contribution >= 4 is 0 Å². The van der Waals surface area contributed by atoms with Crippen LogP contribution in [0.5, 0.6) is 11.5 Å². The lowest BCUT2D eigenvalue weighted by molar-refractivity contribution is 0.392. The van der Waals surface area contributed by atoms with E-state index in [2.05, 4.69) is 18.3 Å². The van der Waals surface area contributed by atoms with E-state index in [1.165, 1.54) is 24.8 Å². The van der Waals surface area contributed by atoms with Gasteiger partial charge in [-0.25, -0.2) is 0 Å². The Labute approximate surface area is 115 Å². The predicted molar refractivity (Wildman–Crippen MR) is 76.0 cm³/mol. The zero-order valence-electron chi connectivity index (χ0n) is 12.0. The van der Waals surface area contributed by atoms with Crippen molar-refractivity contribution in [1.82, 2.24) is 5.32 Å². The highest BCUT2D eigenvalue weighted by Gasteiger charge is 2.52. The quantitative estimate of drug-likeness (QED) is 0.854. The zero-order chi connectivity index (χ0) is 13.5. The third-order valence-electron chi connectivity index (χ3n) is 4.66. The molecule has 1 aromatic rings. The van der Waals surface area contributed by atoms with E-state index in [1.807, 2.05) is 12.1 Å². The molecule has 1 N–H and O–H groups in total. The van der Waals surface area contributed by atoms with Gasteiger partial charge in [0.15, 0.2) is 0 Å². The normalized spacial score (nSPS) is 29.1. The summed E-state index contributed by atoms with van der Waals surface area (Å²) in [7, 11) is 3.46. The largest absolute Gasteiger partial charge is 0.497 e. The highest BCUT2D eigenvalue weighted by molar-refractivity contribution is 5.48. The van der Waals surface area contributed by atoms with Gasteiger partial charge in [0.1, 0.15) is 11.5 Å². The molecule has 3 rings (SSSR count). The third kappa shape index (κ3) is 2.44. The van der Waals surface area contributed by atoms with Crippen LogP contribution in [0, 0.1) is 5.92 Å². The molecule has 2 fully saturated rings. The molecule has 104 valence electrons. The molecule has 2 unspecified atom stereocenters. The lowest BCUT2D eigenvalue weighted by Gasteiger charge is -2.17. The lowest BCUT2D eigenvalue weighted by atomic mass is 9.94. The van der Waals surface area contributed by atoms with Crippen molar-refractivity contribution in [2.24, 2.45) is 5.92 Å². The van der Waals surface area contributed by atoms with Gasteiger partial charge in [0.05, 0.1) is 14.2 Å². The van der Waals surface area contributed by atoms with Crippen LogP contribution < -0.4 is 14.8 Å². The van der Waals surface area contributed by atoms with Crippen LogP contribution in [-0.4, -0.2) is 26.8 Å². The monoisotopic (exact) mass is 261 g/mol. The summed E-state index contributed by atoms with van der Waals surface area (Å²) >= 11 is 0. The van der Waals surface area contributed by atoms with Gasteiger partial charge in [-0.05, 0) is 49.9 Å². The third-order valence-corrected chi connectivity index (χ3v) is 4.66. The summed E-state index contributed by atoms with van der Waals surface area (Å²) in [5, 5.41) is 3.64. The van der Waals surface area contributed by atoms with Crippen molar-refractivity contribution in [3.63, 3.8) is 0 Å². The number of nitrogens with one attached hydrogen (secondary N) is 1.